The molecule has 0 atom stereocenters. The SMILES string of the molecule is C1COCCO1.C1COCCO1.[CH2][CH][CH2].[CH2][CH][CH2].[CH2][CH][CH2].[CH2][CH][CH2].[Gd].[Li+]. The molecule has 0 bridgehead atoms. The number of rotatable bonds is 0. The van der Waals surface area contributed by atoms with Gasteiger partial charge < -0.3 is 18.9 Å². The zero-order chi connectivity index (χ0) is 19.3. The van der Waals surface area contributed by atoms with Crippen molar-refractivity contribution in [2.75, 3.05) is 52.9 Å². The summed E-state index contributed by atoms with van der Waals surface area (Å²) in [7, 11) is 0. The van der Waals surface area contributed by atoms with Crippen molar-refractivity contribution >= 4 is 0 Å². The zero-order valence-electron chi connectivity index (χ0n) is 16.6. The molecule has 0 N–H and O–H groups in total. The van der Waals surface area contributed by atoms with Gasteiger partial charge in [-0.1, -0.05) is 0 Å². The Morgan fingerprint density at radius 3 is 0.500 bits per heavy atom. The Bertz CT molecular complexity index is 105. The second kappa shape index (κ2) is 56.3. The fraction of sp³-hybridized carbons (Fsp3) is 0.400. The van der Waals surface area contributed by atoms with Crippen molar-refractivity contribution < 1.29 is 77.7 Å². The largest absolute Gasteiger partial charge is 1.00 e. The standard InChI is InChI=1S/2C4H8O2.4C3H5.Gd.Li/c2*1-2-6-4-3-5-1;4*1-3-2;;/h2*1-4H2;4*3H,1-2H2;;/q;;;;;;;+1. The number of hydrogen-bond acceptors (Lipinski definition) is 4. The van der Waals surface area contributed by atoms with E-state index < -0.39 is 0 Å². The summed E-state index contributed by atoms with van der Waals surface area (Å²) >= 11 is 0. The average Bonchev–Trinajstić information content (AvgIpc) is 2.61. The van der Waals surface area contributed by atoms with Crippen LogP contribution in [0.2, 0.25) is 0 Å². The molecule has 0 saturated carbocycles. The number of ether oxygens (including phenoxy) is 4. The molecule has 4 nitrogen and oxygen atoms in total. The van der Waals surface area contributed by atoms with Crippen LogP contribution in [0.4, 0.5) is 0 Å². The summed E-state index contributed by atoms with van der Waals surface area (Å²) in [5, 5.41) is 0. The molecule has 0 spiro atoms. The summed E-state index contributed by atoms with van der Waals surface area (Å²) in [4.78, 5) is 0. The maximum absolute atomic E-state index is 4.94. The van der Waals surface area contributed by atoms with Gasteiger partial charge in [0.2, 0.25) is 0 Å². The van der Waals surface area contributed by atoms with Crippen LogP contribution in [0, 0.1) is 121 Å². The van der Waals surface area contributed by atoms with Gasteiger partial charge in [0.25, 0.3) is 0 Å². The Balaban J connectivity index is -0.0000000474. The fourth-order valence-corrected chi connectivity index (χ4v) is 0.880. The molecule has 12 radical (unpaired) electrons. The van der Waals surface area contributed by atoms with E-state index in [0.717, 1.165) is 52.9 Å². The van der Waals surface area contributed by atoms with Crippen molar-refractivity contribution in [3.8, 4) is 0 Å². The van der Waals surface area contributed by atoms with Crippen molar-refractivity contribution in [1.29, 1.82) is 0 Å². The van der Waals surface area contributed by atoms with Gasteiger partial charge in [-0.2, -0.15) is 0 Å². The topological polar surface area (TPSA) is 36.9 Å². The molecule has 0 amide bonds. The van der Waals surface area contributed by atoms with Gasteiger partial charge in [0.1, 0.15) is 0 Å². The minimum Gasteiger partial charge on any atom is -0.377 e. The van der Waals surface area contributed by atoms with Crippen molar-refractivity contribution in [2.45, 2.75) is 0 Å². The van der Waals surface area contributed by atoms with Crippen molar-refractivity contribution in [3.63, 3.8) is 0 Å². The Morgan fingerprint density at radius 2 is 0.462 bits per heavy atom. The van der Waals surface area contributed by atoms with Crippen molar-refractivity contribution in [1.82, 2.24) is 0 Å². The van der Waals surface area contributed by atoms with E-state index in [1.54, 1.807) is 0 Å². The van der Waals surface area contributed by atoms with E-state index in [1.807, 2.05) is 0 Å². The molecule has 0 unspecified atom stereocenters. The van der Waals surface area contributed by atoms with Gasteiger partial charge >= 0.3 is 18.9 Å². The average molecular weight is 505 g/mol. The molecule has 0 aromatic carbocycles. The molecule has 2 aliphatic rings. The van der Waals surface area contributed by atoms with E-state index in [9.17, 15) is 0 Å². The van der Waals surface area contributed by atoms with Crippen LogP contribution in [0.5, 0.6) is 0 Å². The van der Waals surface area contributed by atoms with Crippen LogP contribution in [0.3, 0.4) is 0 Å². The van der Waals surface area contributed by atoms with Gasteiger partial charge in [-0.25, -0.2) is 0 Å². The maximum Gasteiger partial charge on any atom is 1.00 e. The van der Waals surface area contributed by atoms with Gasteiger partial charge in [-0.3, -0.25) is 0 Å². The quantitative estimate of drug-likeness (QED) is 0.451. The van der Waals surface area contributed by atoms with Gasteiger partial charge in [0, 0.05) is 39.9 Å². The third-order valence-electron chi connectivity index (χ3n) is 1.49. The summed E-state index contributed by atoms with van der Waals surface area (Å²) in [6, 6.07) is 0. The first-order valence-electron chi connectivity index (χ1n) is 7.58. The Morgan fingerprint density at radius 1 is 0.385 bits per heavy atom. The smallest absolute Gasteiger partial charge is 0.377 e. The van der Waals surface area contributed by atoms with Crippen LogP contribution in [-0.2, 0) is 18.9 Å². The van der Waals surface area contributed by atoms with Gasteiger partial charge in [-0.15, -0.1) is 0 Å². The molecule has 2 heterocycles. The first kappa shape index (κ1) is 42.0. The molecule has 0 aromatic heterocycles. The predicted octanol–water partition coefficient (Wildman–Crippen LogP) is 0.506. The molecule has 148 valence electrons. The van der Waals surface area contributed by atoms with Crippen LogP contribution in [0.1, 0.15) is 0 Å². The monoisotopic (exact) mass is 505 g/mol. The minimum atomic E-state index is 0. The van der Waals surface area contributed by atoms with Crippen molar-refractivity contribution in [2.24, 2.45) is 0 Å². The van der Waals surface area contributed by atoms with Crippen LogP contribution in [-0.4, -0.2) is 52.9 Å². The molecule has 2 aliphatic heterocycles. The summed E-state index contributed by atoms with van der Waals surface area (Å²) < 4.78 is 19.8. The van der Waals surface area contributed by atoms with Crippen molar-refractivity contribution in [3.05, 3.63) is 81.1 Å². The van der Waals surface area contributed by atoms with Gasteiger partial charge in [0.05, 0.1) is 52.9 Å². The van der Waals surface area contributed by atoms with Crippen LogP contribution < -0.4 is 18.9 Å². The second-order valence-corrected chi connectivity index (χ2v) is 3.60. The number of hydrogen-bond donors (Lipinski definition) is 0. The van der Waals surface area contributed by atoms with E-state index in [2.05, 4.69) is 55.4 Å². The fourth-order valence-electron chi connectivity index (χ4n) is 0.880. The summed E-state index contributed by atoms with van der Waals surface area (Å²) in [5.74, 6) is 0. The second-order valence-electron chi connectivity index (χ2n) is 3.60. The van der Waals surface area contributed by atoms with E-state index in [0.29, 0.717) is 0 Å². The first-order chi connectivity index (χ1) is 11.7. The van der Waals surface area contributed by atoms with E-state index in [1.165, 1.54) is 25.7 Å². The first-order valence-corrected chi connectivity index (χ1v) is 7.58. The molecular formula is C20H36GdLiO4+. The molecular weight excluding hydrogens is 468 g/mol. The van der Waals surface area contributed by atoms with E-state index in [-0.39, 0.29) is 58.8 Å². The molecule has 2 rings (SSSR count). The molecule has 0 aliphatic carbocycles. The Labute approximate surface area is 210 Å². The molecule has 2 saturated heterocycles. The van der Waals surface area contributed by atoms with Gasteiger partial charge in [-0.05, 0) is 81.1 Å². The van der Waals surface area contributed by atoms with Crippen LogP contribution >= 0.6 is 0 Å². The summed E-state index contributed by atoms with van der Waals surface area (Å²) in [6.45, 7) is 32.2. The van der Waals surface area contributed by atoms with Crippen LogP contribution in [0.25, 0.3) is 0 Å². The summed E-state index contributed by atoms with van der Waals surface area (Å²) in [6.07, 6.45) is 6.00. The van der Waals surface area contributed by atoms with Gasteiger partial charge in [0.15, 0.2) is 0 Å². The normalized spacial score (nSPS) is 13.8. The molecule has 26 heavy (non-hydrogen) atoms. The van der Waals surface area contributed by atoms with E-state index in [4.69, 9.17) is 18.9 Å². The molecule has 0 aromatic rings. The van der Waals surface area contributed by atoms with Crippen LogP contribution in [0.15, 0.2) is 0 Å². The summed E-state index contributed by atoms with van der Waals surface area (Å²) in [5.41, 5.74) is 0. The third-order valence-corrected chi connectivity index (χ3v) is 1.49. The third kappa shape index (κ3) is 83.4. The Kier molecular flexibility index (Phi) is 90.9. The molecule has 2 fully saturated rings. The maximum atomic E-state index is 4.94. The Hall–Kier alpha value is 1.76. The minimum absolute atomic E-state index is 0. The zero-order valence-corrected chi connectivity index (χ0v) is 18.9. The van der Waals surface area contributed by atoms with E-state index >= 15 is 0 Å². The molecule has 6 heteroatoms. The predicted molar refractivity (Wildman–Crippen MR) is 103 cm³/mol.